The van der Waals surface area contributed by atoms with Crippen molar-refractivity contribution in [2.45, 2.75) is 6.61 Å². The van der Waals surface area contributed by atoms with Crippen LogP contribution in [0.15, 0.2) is 61.1 Å². The van der Waals surface area contributed by atoms with Crippen molar-refractivity contribution in [1.29, 1.82) is 0 Å². The highest BCUT2D eigenvalue weighted by atomic mass is 16.5. The molecule has 0 saturated heterocycles. The predicted octanol–water partition coefficient (Wildman–Crippen LogP) is 2.75. The highest BCUT2D eigenvalue weighted by molar-refractivity contribution is 5.92. The van der Waals surface area contributed by atoms with Crippen molar-refractivity contribution in [3.8, 4) is 17.0 Å². The number of carbonyl (C=O) groups excluding carboxylic acids is 1. The number of H-pyrrole nitrogens is 1. The van der Waals surface area contributed by atoms with Crippen molar-refractivity contribution in [3.05, 3.63) is 72.2 Å². The minimum atomic E-state index is -0.433. The summed E-state index contributed by atoms with van der Waals surface area (Å²) < 4.78 is 5.88. The number of para-hydroxylation sites is 1. The molecule has 0 radical (unpaired) electrons. The molecule has 3 N–H and O–H groups in total. The van der Waals surface area contributed by atoms with E-state index in [9.17, 15) is 4.79 Å². The van der Waals surface area contributed by atoms with E-state index in [-0.39, 0.29) is 0 Å². The highest BCUT2D eigenvalue weighted by Gasteiger charge is 2.07. The first-order valence-corrected chi connectivity index (χ1v) is 6.83. The van der Waals surface area contributed by atoms with E-state index in [0.717, 1.165) is 22.6 Å². The number of aromatic nitrogens is 2. The number of benzene rings is 2. The summed E-state index contributed by atoms with van der Waals surface area (Å²) >= 11 is 0. The summed E-state index contributed by atoms with van der Waals surface area (Å²) in [5.41, 5.74) is 8.53. The lowest BCUT2D eigenvalue weighted by molar-refractivity contribution is 0.1000. The zero-order valence-electron chi connectivity index (χ0n) is 11.8. The Morgan fingerprint density at radius 1 is 1.14 bits per heavy atom. The molecule has 3 rings (SSSR count). The summed E-state index contributed by atoms with van der Waals surface area (Å²) in [6, 6.07) is 14.8. The summed E-state index contributed by atoms with van der Waals surface area (Å²) in [5.74, 6) is 0.336. The van der Waals surface area contributed by atoms with Gasteiger partial charge in [0.2, 0.25) is 5.91 Å². The average molecular weight is 293 g/mol. The van der Waals surface area contributed by atoms with Crippen molar-refractivity contribution >= 4 is 5.91 Å². The second kappa shape index (κ2) is 6.13. The maximum absolute atomic E-state index is 11.0. The van der Waals surface area contributed by atoms with Crippen LogP contribution in [0.3, 0.4) is 0 Å². The zero-order valence-corrected chi connectivity index (χ0v) is 11.8. The summed E-state index contributed by atoms with van der Waals surface area (Å²) in [6.07, 6.45) is 3.39. The van der Waals surface area contributed by atoms with E-state index in [1.54, 1.807) is 24.7 Å². The van der Waals surface area contributed by atoms with E-state index >= 15 is 0 Å². The number of nitrogens with two attached hydrogens (primary N) is 1. The maximum atomic E-state index is 11.0. The number of aromatic amines is 1. The van der Waals surface area contributed by atoms with Gasteiger partial charge in [-0.3, -0.25) is 4.79 Å². The molecular weight excluding hydrogens is 278 g/mol. The Morgan fingerprint density at radius 3 is 2.59 bits per heavy atom. The van der Waals surface area contributed by atoms with E-state index in [2.05, 4.69) is 9.97 Å². The third-order valence-electron chi connectivity index (χ3n) is 3.31. The fourth-order valence-corrected chi connectivity index (χ4v) is 2.14. The molecule has 0 saturated carbocycles. The molecule has 0 bridgehead atoms. The van der Waals surface area contributed by atoms with Crippen molar-refractivity contribution in [2.24, 2.45) is 5.73 Å². The number of hydrogen-bond acceptors (Lipinski definition) is 3. The Hall–Kier alpha value is -3.08. The minimum absolute atomic E-state index is 0.407. The summed E-state index contributed by atoms with van der Waals surface area (Å²) in [4.78, 5) is 18.1. The van der Waals surface area contributed by atoms with Crippen LogP contribution in [-0.2, 0) is 6.61 Å². The van der Waals surface area contributed by atoms with E-state index < -0.39 is 5.91 Å². The minimum Gasteiger partial charge on any atom is -0.488 e. The normalized spacial score (nSPS) is 10.4. The molecule has 0 spiro atoms. The molecule has 0 fully saturated rings. The van der Waals surface area contributed by atoms with Crippen LogP contribution in [0, 0.1) is 0 Å². The number of hydrogen-bond donors (Lipinski definition) is 2. The number of nitrogens with zero attached hydrogens (tertiary/aromatic N) is 1. The van der Waals surface area contributed by atoms with Gasteiger partial charge in [0.15, 0.2) is 0 Å². The van der Waals surface area contributed by atoms with Gasteiger partial charge in [-0.05, 0) is 29.8 Å². The quantitative estimate of drug-likeness (QED) is 0.759. The largest absolute Gasteiger partial charge is 0.488 e. The zero-order chi connectivity index (χ0) is 15.4. The Labute approximate surface area is 127 Å². The Bertz CT molecular complexity index is 765. The third-order valence-corrected chi connectivity index (χ3v) is 3.31. The molecule has 1 aromatic heterocycles. The molecule has 1 heterocycles. The van der Waals surface area contributed by atoms with Gasteiger partial charge in [0, 0.05) is 11.1 Å². The molecule has 22 heavy (non-hydrogen) atoms. The molecule has 1 amide bonds. The van der Waals surface area contributed by atoms with Crippen molar-refractivity contribution in [2.75, 3.05) is 0 Å². The van der Waals surface area contributed by atoms with Crippen molar-refractivity contribution in [3.63, 3.8) is 0 Å². The molecular formula is C17H15N3O2. The number of nitrogens with one attached hydrogen (secondary N) is 1. The predicted molar refractivity (Wildman–Crippen MR) is 83.3 cm³/mol. The molecule has 0 aliphatic rings. The molecule has 0 aliphatic carbocycles. The average Bonchev–Trinajstić information content (AvgIpc) is 3.08. The topological polar surface area (TPSA) is 81.0 Å². The third kappa shape index (κ3) is 2.98. The van der Waals surface area contributed by atoms with Gasteiger partial charge in [0.1, 0.15) is 12.4 Å². The van der Waals surface area contributed by atoms with Crippen molar-refractivity contribution in [1.82, 2.24) is 9.97 Å². The van der Waals surface area contributed by atoms with Crippen LogP contribution in [0.1, 0.15) is 15.9 Å². The Morgan fingerprint density at radius 2 is 1.91 bits per heavy atom. The fraction of sp³-hybridized carbons (Fsp3) is 0.0588. The molecule has 3 aromatic rings. The smallest absolute Gasteiger partial charge is 0.248 e. The van der Waals surface area contributed by atoms with Gasteiger partial charge in [-0.2, -0.15) is 0 Å². The summed E-state index contributed by atoms with van der Waals surface area (Å²) in [7, 11) is 0. The lowest BCUT2D eigenvalue weighted by Crippen LogP contribution is -2.10. The van der Waals surface area contributed by atoms with Crippen LogP contribution < -0.4 is 10.5 Å². The number of amides is 1. The standard InChI is InChI=1S/C17H15N3O2/c18-17(21)13-7-5-12(6-8-13)10-22-16-4-2-1-3-14(16)15-9-19-11-20-15/h1-9,11H,10H2,(H2,18,21)(H,19,20). The number of ether oxygens (including phenoxy) is 1. The lowest BCUT2D eigenvalue weighted by Gasteiger charge is -2.10. The first-order chi connectivity index (χ1) is 10.7. The molecule has 0 atom stereocenters. The monoisotopic (exact) mass is 293 g/mol. The van der Waals surface area contributed by atoms with E-state index in [4.69, 9.17) is 10.5 Å². The summed E-state index contributed by atoms with van der Waals surface area (Å²) in [6.45, 7) is 0.407. The fourth-order valence-electron chi connectivity index (χ4n) is 2.14. The first-order valence-electron chi connectivity index (χ1n) is 6.83. The van der Waals surface area contributed by atoms with Crippen LogP contribution in [0.2, 0.25) is 0 Å². The van der Waals surface area contributed by atoms with E-state index in [1.807, 2.05) is 36.4 Å². The number of carbonyl (C=O) groups is 1. The number of rotatable bonds is 5. The van der Waals surface area contributed by atoms with Crippen LogP contribution in [0.5, 0.6) is 5.75 Å². The van der Waals surface area contributed by atoms with Gasteiger partial charge < -0.3 is 15.5 Å². The summed E-state index contributed by atoms with van der Waals surface area (Å²) in [5, 5.41) is 0. The molecule has 5 nitrogen and oxygen atoms in total. The molecule has 110 valence electrons. The van der Waals surface area contributed by atoms with Gasteiger partial charge in [-0.25, -0.2) is 4.98 Å². The Kier molecular flexibility index (Phi) is 3.87. The van der Waals surface area contributed by atoms with Gasteiger partial charge in [-0.15, -0.1) is 0 Å². The van der Waals surface area contributed by atoms with Crippen molar-refractivity contribution < 1.29 is 9.53 Å². The Balaban J connectivity index is 1.76. The SMILES string of the molecule is NC(=O)c1ccc(COc2ccccc2-c2cnc[nH]2)cc1. The molecule has 2 aromatic carbocycles. The number of imidazole rings is 1. The molecule has 0 unspecified atom stereocenters. The van der Waals surface area contributed by atoms with E-state index in [1.165, 1.54) is 0 Å². The second-order valence-electron chi connectivity index (χ2n) is 4.81. The van der Waals surface area contributed by atoms with Gasteiger partial charge in [0.25, 0.3) is 0 Å². The van der Waals surface area contributed by atoms with Crippen LogP contribution >= 0.6 is 0 Å². The van der Waals surface area contributed by atoms with Crippen LogP contribution in [0.25, 0.3) is 11.3 Å². The van der Waals surface area contributed by atoms with E-state index in [0.29, 0.717) is 12.2 Å². The lowest BCUT2D eigenvalue weighted by atomic mass is 10.1. The molecule has 5 heteroatoms. The number of primary amides is 1. The van der Waals surface area contributed by atoms with Crippen LogP contribution in [0.4, 0.5) is 0 Å². The van der Waals surface area contributed by atoms with Crippen LogP contribution in [-0.4, -0.2) is 15.9 Å². The van der Waals surface area contributed by atoms with Gasteiger partial charge in [0.05, 0.1) is 18.2 Å². The first kappa shape index (κ1) is 13.9. The van der Waals surface area contributed by atoms with Gasteiger partial charge in [-0.1, -0.05) is 24.3 Å². The maximum Gasteiger partial charge on any atom is 0.248 e. The second-order valence-corrected chi connectivity index (χ2v) is 4.81. The van der Waals surface area contributed by atoms with Gasteiger partial charge >= 0.3 is 0 Å². The highest BCUT2D eigenvalue weighted by Crippen LogP contribution is 2.28. The molecule has 0 aliphatic heterocycles.